The molecular formula is C11H14BrLiO2. The van der Waals surface area contributed by atoms with E-state index in [-0.39, 0.29) is 24.6 Å². The van der Waals surface area contributed by atoms with Gasteiger partial charge in [-0.25, -0.2) is 0 Å². The molecule has 0 aromatic heterocycles. The zero-order chi connectivity index (χ0) is 11.0. The van der Waals surface area contributed by atoms with Crippen LogP contribution >= 0.6 is 15.9 Å². The van der Waals surface area contributed by atoms with Gasteiger partial charge in [0.1, 0.15) is 12.0 Å². The van der Waals surface area contributed by atoms with Crippen molar-refractivity contribution in [2.24, 2.45) is 0 Å². The van der Waals surface area contributed by atoms with Crippen molar-refractivity contribution in [1.29, 1.82) is 0 Å². The number of phenolic OH excluding ortho intramolecular Hbond substituents is 1. The number of phenols is 1. The van der Waals surface area contributed by atoms with Crippen molar-refractivity contribution in [2.75, 3.05) is 0 Å². The van der Waals surface area contributed by atoms with Gasteiger partial charge in [-0.05, 0) is 18.2 Å². The molecule has 15 heavy (non-hydrogen) atoms. The Morgan fingerprint density at radius 1 is 1.47 bits per heavy atom. The molecule has 1 rings (SSSR count). The van der Waals surface area contributed by atoms with Crippen molar-refractivity contribution in [2.45, 2.75) is 19.8 Å². The van der Waals surface area contributed by atoms with Crippen molar-refractivity contribution in [3.05, 3.63) is 35.2 Å². The molecule has 1 N–H and O–H groups in total. The zero-order valence-corrected chi connectivity index (χ0v) is 10.8. The molecule has 0 bridgehead atoms. The number of rotatable bonds is 2. The smallest absolute Gasteiger partial charge is 0.508 e. The number of aromatic hydroxyl groups is 1. The Morgan fingerprint density at radius 2 is 2.00 bits per heavy atom. The summed E-state index contributed by atoms with van der Waals surface area (Å²) in [7, 11) is 0. The molecule has 4 heteroatoms. The van der Waals surface area contributed by atoms with E-state index in [0.29, 0.717) is 16.3 Å². The van der Waals surface area contributed by atoms with E-state index in [1.165, 1.54) is 18.6 Å². The summed E-state index contributed by atoms with van der Waals surface area (Å²) in [6.07, 6.45) is 2.96. The van der Waals surface area contributed by atoms with Gasteiger partial charge in [-0.15, -0.1) is 0 Å². The van der Waals surface area contributed by atoms with Crippen LogP contribution in [0.1, 0.15) is 30.1 Å². The van der Waals surface area contributed by atoms with E-state index in [0.717, 1.165) is 6.42 Å². The summed E-state index contributed by atoms with van der Waals surface area (Å²) in [4.78, 5) is 10.2. The van der Waals surface area contributed by atoms with Gasteiger partial charge in [-0.2, -0.15) is 6.42 Å². The Kier molecular flexibility index (Phi) is 11.8. The normalized spacial score (nSPS) is 8.20. The van der Waals surface area contributed by atoms with E-state index in [1.54, 1.807) is 6.07 Å². The zero-order valence-electron chi connectivity index (χ0n) is 9.16. The summed E-state index contributed by atoms with van der Waals surface area (Å²) in [6, 6.07) is 4.55. The molecule has 0 spiro atoms. The first kappa shape index (κ1) is 17.2. The minimum absolute atomic E-state index is 0. The Balaban J connectivity index is 0. The van der Waals surface area contributed by atoms with Crippen molar-refractivity contribution in [1.82, 2.24) is 0 Å². The largest absolute Gasteiger partial charge is 1.00 e. The standard InChI is InChI=1S/C7H5BrO2.C4H9.Li/c8-6-1-5(4-9)2-7(10)3-6;1-3-4-2;/h1-4,10H;1,3-4H2,2H3;/q;-1;+1. The number of benzene rings is 1. The maximum absolute atomic E-state index is 10.2. The minimum Gasteiger partial charge on any atom is -0.508 e. The minimum atomic E-state index is 0. The van der Waals surface area contributed by atoms with Crippen molar-refractivity contribution < 1.29 is 28.8 Å². The second-order valence-corrected chi connectivity index (χ2v) is 3.63. The molecular weight excluding hydrogens is 251 g/mol. The van der Waals surface area contributed by atoms with E-state index < -0.39 is 0 Å². The first-order valence-corrected chi connectivity index (χ1v) is 5.17. The first-order valence-electron chi connectivity index (χ1n) is 4.38. The molecule has 0 amide bonds. The van der Waals surface area contributed by atoms with Gasteiger partial charge >= 0.3 is 18.9 Å². The van der Waals surface area contributed by atoms with Crippen molar-refractivity contribution in [3.63, 3.8) is 0 Å². The molecule has 0 heterocycles. The van der Waals surface area contributed by atoms with Crippen LogP contribution in [0.3, 0.4) is 0 Å². The summed E-state index contributed by atoms with van der Waals surface area (Å²) in [5.74, 6) is 0.0940. The topological polar surface area (TPSA) is 37.3 Å². The molecule has 0 unspecified atom stereocenters. The molecule has 78 valence electrons. The Hall–Kier alpha value is -0.233. The SMILES string of the molecule is O=Cc1cc(O)cc(Br)c1.[CH2-]CCC.[Li+]. The molecule has 0 saturated heterocycles. The predicted molar refractivity (Wildman–Crippen MR) is 61.5 cm³/mol. The van der Waals surface area contributed by atoms with Crippen LogP contribution in [-0.2, 0) is 0 Å². The van der Waals surface area contributed by atoms with Gasteiger partial charge in [0.05, 0.1) is 0 Å². The molecule has 0 aliphatic heterocycles. The molecule has 0 saturated carbocycles. The average Bonchev–Trinajstić information content (AvgIpc) is 2.17. The van der Waals surface area contributed by atoms with Gasteiger partial charge in [-0.1, -0.05) is 29.3 Å². The molecule has 1 aromatic carbocycles. The van der Waals surface area contributed by atoms with Crippen molar-refractivity contribution in [3.8, 4) is 5.75 Å². The number of carbonyl (C=O) groups excluding carboxylic acids is 1. The van der Waals surface area contributed by atoms with Gasteiger partial charge in [0.25, 0.3) is 0 Å². The molecule has 0 radical (unpaired) electrons. The van der Waals surface area contributed by atoms with E-state index in [2.05, 4.69) is 29.8 Å². The molecule has 1 aromatic rings. The fourth-order valence-electron chi connectivity index (χ4n) is 0.664. The fraction of sp³-hybridized carbons (Fsp3) is 0.273. The van der Waals surface area contributed by atoms with Gasteiger partial charge in [0, 0.05) is 10.0 Å². The second kappa shape index (κ2) is 10.3. The maximum Gasteiger partial charge on any atom is 1.00 e. The van der Waals surface area contributed by atoms with Gasteiger partial charge in [0.2, 0.25) is 0 Å². The average molecular weight is 265 g/mol. The monoisotopic (exact) mass is 264 g/mol. The Labute approximate surface area is 111 Å². The van der Waals surface area contributed by atoms with Gasteiger partial charge in [0.15, 0.2) is 0 Å². The second-order valence-electron chi connectivity index (χ2n) is 2.71. The van der Waals surface area contributed by atoms with E-state index >= 15 is 0 Å². The van der Waals surface area contributed by atoms with E-state index in [1.807, 2.05) is 0 Å². The van der Waals surface area contributed by atoms with Crippen LogP contribution in [0, 0.1) is 6.92 Å². The number of unbranched alkanes of at least 4 members (excludes halogenated alkanes) is 1. The number of halogens is 1. The third-order valence-corrected chi connectivity index (χ3v) is 1.85. The van der Waals surface area contributed by atoms with E-state index in [9.17, 15) is 4.79 Å². The maximum atomic E-state index is 10.2. The first-order chi connectivity index (χ1) is 6.63. The fourth-order valence-corrected chi connectivity index (χ4v) is 1.16. The van der Waals surface area contributed by atoms with Crippen LogP contribution in [0.25, 0.3) is 0 Å². The van der Waals surface area contributed by atoms with Gasteiger partial charge in [-0.3, -0.25) is 4.79 Å². The Morgan fingerprint density at radius 3 is 2.33 bits per heavy atom. The Bertz CT molecular complexity index is 268. The van der Waals surface area contributed by atoms with Crippen LogP contribution in [-0.4, -0.2) is 11.4 Å². The summed E-state index contributed by atoms with van der Waals surface area (Å²) >= 11 is 3.13. The van der Waals surface area contributed by atoms with Crippen LogP contribution in [0.15, 0.2) is 22.7 Å². The summed E-state index contributed by atoms with van der Waals surface area (Å²) in [5, 5.41) is 8.94. The van der Waals surface area contributed by atoms with E-state index in [4.69, 9.17) is 5.11 Å². The number of hydrogen-bond acceptors (Lipinski definition) is 2. The quantitative estimate of drug-likeness (QED) is 0.483. The molecule has 0 aliphatic rings. The summed E-state index contributed by atoms with van der Waals surface area (Å²) in [5.41, 5.74) is 0.465. The van der Waals surface area contributed by atoms with Crippen LogP contribution in [0.2, 0.25) is 0 Å². The van der Waals surface area contributed by atoms with Crippen molar-refractivity contribution >= 4 is 22.2 Å². The predicted octanol–water partition coefficient (Wildman–Crippen LogP) is 0.592. The molecule has 0 fully saturated rings. The van der Waals surface area contributed by atoms with Crippen LogP contribution in [0.4, 0.5) is 0 Å². The number of carbonyl (C=O) groups is 1. The van der Waals surface area contributed by atoms with Crippen LogP contribution < -0.4 is 18.9 Å². The molecule has 0 aliphatic carbocycles. The summed E-state index contributed by atoms with van der Waals surface area (Å²) < 4.78 is 0.703. The molecule has 2 nitrogen and oxygen atoms in total. The third kappa shape index (κ3) is 8.74. The van der Waals surface area contributed by atoms with Gasteiger partial charge < -0.3 is 12.0 Å². The van der Waals surface area contributed by atoms with Crippen LogP contribution in [0.5, 0.6) is 5.75 Å². The summed E-state index contributed by atoms with van der Waals surface area (Å²) in [6.45, 7) is 5.72. The number of hydrogen-bond donors (Lipinski definition) is 1. The molecule has 0 atom stereocenters. The number of aldehydes is 1. The third-order valence-electron chi connectivity index (χ3n) is 1.39.